The van der Waals surface area contributed by atoms with Gasteiger partial charge in [-0.05, 0) is 48.3 Å². The molecule has 1 aromatic carbocycles. The monoisotopic (exact) mass is 513 g/mol. The van der Waals surface area contributed by atoms with E-state index in [1.807, 2.05) is 7.05 Å². The number of benzene rings is 1. The van der Waals surface area contributed by atoms with Crippen molar-refractivity contribution in [1.82, 2.24) is 16.0 Å². The molecule has 0 atom stereocenters. The van der Waals surface area contributed by atoms with Gasteiger partial charge >= 0.3 is 0 Å². The summed E-state index contributed by atoms with van der Waals surface area (Å²) in [4.78, 5) is 18.1. The molecule has 3 N–H and O–H groups in total. The maximum atomic E-state index is 11.6. The molecule has 2 aliphatic rings. The zero-order valence-corrected chi connectivity index (χ0v) is 20.3. The Morgan fingerprint density at radius 2 is 1.97 bits per heavy atom. The van der Waals surface area contributed by atoms with Crippen molar-refractivity contribution in [3.63, 3.8) is 0 Å². The van der Waals surface area contributed by atoms with Crippen molar-refractivity contribution in [1.29, 1.82) is 0 Å². The van der Waals surface area contributed by atoms with Crippen LogP contribution in [0.5, 0.6) is 0 Å². The normalized spacial score (nSPS) is 18.6. The molecule has 1 aliphatic heterocycles. The van der Waals surface area contributed by atoms with Gasteiger partial charge in [-0.3, -0.25) is 9.79 Å². The molecule has 0 spiro atoms. The van der Waals surface area contributed by atoms with Gasteiger partial charge in [-0.25, -0.2) is 0 Å². The van der Waals surface area contributed by atoms with Crippen molar-refractivity contribution in [3.05, 3.63) is 29.8 Å². The maximum absolute atomic E-state index is 11.6. The van der Waals surface area contributed by atoms with Gasteiger partial charge in [-0.15, -0.1) is 24.0 Å². The molecule has 1 amide bonds. The fourth-order valence-corrected chi connectivity index (χ4v) is 4.36. The fourth-order valence-electron chi connectivity index (χ4n) is 4.36. The number of nitrogens with one attached hydrogen (secondary N) is 3. The van der Waals surface area contributed by atoms with E-state index in [0.29, 0.717) is 18.5 Å². The molecule has 1 heterocycles. The van der Waals surface area contributed by atoms with E-state index < -0.39 is 0 Å². The second-order valence-corrected chi connectivity index (χ2v) is 8.67. The van der Waals surface area contributed by atoms with E-state index in [2.05, 4.69) is 64.0 Å². The minimum atomic E-state index is 0. The first-order chi connectivity index (χ1) is 13.5. The van der Waals surface area contributed by atoms with Gasteiger partial charge in [-0.2, -0.15) is 0 Å². The van der Waals surface area contributed by atoms with Crippen molar-refractivity contribution >= 4 is 41.5 Å². The first-order valence-electron chi connectivity index (χ1n) is 10.5. The minimum Gasteiger partial charge on any atom is -0.360 e. The highest BCUT2D eigenvalue weighted by atomic mass is 127. The molecule has 7 heteroatoms. The highest BCUT2D eigenvalue weighted by Gasteiger charge is 2.37. The average Bonchev–Trinajstić information content (AvgIpc) is 2.66. The van der Waals surface area contributed by atoms with Gasteiger partial charge in [0.05, 0.1) is 6.54 Å². The minimum absolute atomic E-state index is 0. The molecule has 29 heavy (non-hydrogen) atoms. The number of rotatable bonds is 7. The highest BCUT2D eigenvalue weighted by molar-refractivity contribution is 14.0. The van der Waals surface area contributed by atoms with Crippen LogP contribution in [0.2, 0.25) is 0 Å². The number of guanidine groups is 1. The summed E-state index contributed by atoms with van der Waals surface area (Å²) in [5.74, 6) is 1.70. The second-order valence-electron chi connectivity index (χ2n) is 8.67. The topological polar surface area (TPSA) is 68.8 Å². The van der Waals surface area contributed by atoms with E-state index >= 15 is 0 Å². The number of piperazine rings is 1. The highest BCUT2D eigenvalue weighted by Crippen LogP contribution is 2.45. The van der Waals surface area contributed by atoms with Gasteiger partial charge < -0.3 is 20.9 Å². The quantitative estimate of drug-likeness (QED) is 0.298. The number of amides is 1. The van der Waals surface area contributed by atoms with Crippen LogP contribution in [-0.4, -0.2) is 45.1 Å². The number of hydrogen-bond acceptors (Lipinski definition) is 3. The van der Waals surface area contributed by atoms with Gasteiger partial charge in [-0.1, -0.05) is 32.4 Å². The molecule has 0 bridgehead atoms. The number of anilines is 1. The molecule has 0 unspecified atom stereocenters. The van der Waals surface area contributed by atoms with Crippen LogP contribution in [0.25, 0.3) is 0 Å². The van der Waals surface area contributed by atoms with Gasteiger partial charge in [0.1, 0.15) is 0 Å². The number of carbonyl (C=O) groups is 1. The lowest BCUT2D eigenvalue weighted by atomic mass is 9.64. The van der Waals surface area contributed by atoms with Crippen LogP contribution >= 0.6 is 24.0 Å². The SMILES string of the molecule is CN=C(NCc1ccc(N2CCNC(=O)C2)cc1)NCC1(CC(C)C)CCC1.I. The standard InChI is InChI=1S/C22H35N5O.HI/c1-17(2)13-22(9-4-10-22)16-26-21(23-3)25-14-18-5-7-19(8-6-18)27-12-11-24-20(28)15-27;/h5-8,17H,4,9-16H2,1-3H3,(H,24,28)(H2,23,25,26);1H. The Kier molecular flexibility index (Phi) is 9.04. The summed E-state index contributed by atoms with van der Waals surface area (Å²) < 4.78 is 0. The van der Waals surface area contributed by atoms with Crippen LogP contribution < -0.4 is 20.9 Å². The van der Waals surface area contributed by atoms with Crippen LogP contribution in [0.15, 0.2) is 29.3 Å². The molecule has 162 valence electrons. The number of carbonyl (C=O) groups excluding carboxylic acids is 1. The number of hydrogen-bond donors (Lipinski definition) is 3. The summed E-state index contributed by atoms with van der Waals surface area (Å²) >= 11 is 0. The third-order valence-electron chi connectivity index (χ3n) is 5.91. The fraction of sp³-hybridized carbons (Fsp3) is 0.636. The zero-order valence-electron chi connectivity index (χ0n) is 18.0. The molecule has 1 saturated heterocycles. The van der Waals surface area contributed by atoms with Crippen molar-refractivity contribution in [3.8, 4) is 0 Å². The molecule has 1 aromatic rings. The number of halogens is 1. The summed E-state index contributed by atoms with van der Waals surface area (Å²) in [6.07, 6.45) is 5.29. The molecular weight excluding hydrogens is 477 g/mol. The molecule has 6 nitrogen and oxygen atoms in total. The lowest BCUT2D eigenvalue weighted by Gasteiger charge is -2.43. The third-order valence-corrected chi connectivity index (χ3v) is 5.91. The molecule has 2 fully saturated rings. The first-order valence-corrected chi connectivity index (χ1v) is 10.5. The third kappa shape index (κ3) is 6.76. The van der Waals surface area contributed by atoms with Crippen molar-refractivity contribution in [2.24, 2.45) is 16.3 Å². The maximum Gasteiger partial charge on any atom is 0.239 e. The lowest BCUT2D eigenvalue weighted by Crippen LogP contribution is -2.47. The Morgan fingerprint density at radius 1 is 1.24 bits per heavy atom. The predicted octanol–water partition coefficient (Wildman–Crippen LogP) is 3.12. The van der Waals surface area contributed by atoms with Crippen LogP contribution in [0.3, 0.4) is 0 Å². The summed E-state index contributed by atoms with van der Waals surface area (Å²) in [7, 11) is 1.83. The number of aliphatic imine (C=N–C) groups is 1. The van der Waals surface area contributed by atoms with Gasteiger partial charge in [0.15, 0.2) is 5.96 Å². The molecule has 3 rings (SSSR count). The summed E-state index contributed by atoms with van der Waals surface area (Å²) in [5, 5.41) is 9.83. The lowest BCUT2D eigenvalue weighted by molar-refractivity contribution is -0.120. The van der Waals surface area contributed by atoms with E-state index in [1.165, 1.54) is 31.2 Å². The molecule has 1 aliphatic carbocycles. The van der Waals surface area contributed by atoms with E-state index in [9.17, 15) is 4.79 Å². The molecule has 0 aromatic heterocycles. The Balaban J connectivity index is 0.00000300. The summed E-state index contributed by atoms with van der Waals surface area (Å²) in [5.41, 5.74) is 2.75. The molecule has 1 saturated carbocycles. The van der Waals surface area contributed by atoms with Gasteiger partial charge in [0.2, 0.25) is 5.91 Å². The average molecular weight is 513 g/mol. The van der Waals surface area contributed by atoms with Crippen LogP contribution in [0.1, 0.15) is 45.1 Å². The Labute approximate surface area is 192 Å². The van der Waals surface area contributed by atoms with Crippen LogP contribution in [0, 0.1) is 11.3 Å². The smallest absolute Gasteiger partial charge is 0.239 e. The van der Waals surface area contributed by atoms with E-state index in [4.69, 9.17) is 0 Å². The van der Waals surface area contributed by atoms with Gasteiger partial charge in [0, 0.05) is 38.9 Å². The molecule has 0 radical (unpaired) electrons. The van der Waals surface area contributed by atoms with Crippen molar-refractivity contribution in [2.75, 3.05) is 38.1 Å². The van der Waals surface area contributed by atoms with E-state index in [1.54, 1.807) is 0 Å². The van der Waals surface area contributed by atoms with E-state index in [0.717, 1.165) is 37.2 Å². The number of nitrogens with zero attached hydrogens (tertiary/aromatic N) is 2. The largest absolute Gasteiger partial charge is 0.360 e. The Morgan fingerprint density at radius 3 is 2.52 bits per heavy atom. The first kappa shape index (κ1) is 23.8. The van der Waals surface area contributed by atoms with Crippen LogP contribution in [0.4, 0.5) is 5.69 Å². The second kappa shape index (κ2) is 11.0. The van der Waals surface area contributed by atoms with E-state index in [-0.39, 0.29) is 29.9 Å². The zero-order chi connectivity index (χ0) is 20.0. The Hall–Kier alpha value is -1.51. The summed E-state index contributed by atoms with van der Waals surface area (Å²) in [6, 6.07) is 8.43. The Bertz CT molecular complexity index is 685. The summed E-state index contributed by atoms with van der Waals surface area (Å²) in [6.45, 7) is 8.37. The van der Waals surface area contributed by atoms with Crippen molar-refractivity contribution < 1.29 is 4.79 Å². The predicted molar refractivity (Wildman–Crippen MR) is 131 cm³/mol. The van der Waals surface area contributed by atoms with Crippen molar-refractivity contribution in [2.45, 2.75) is 46.1 Å². The van der Waals surface area contributed by atoms with Gasteiger partial charge in [0.25, 0.3) is 0 Å². The molecular formula is C22H36IN5O. The van der Waals surface area contributed by atoms with Crippen LogP contribution in [-0.2, 0) is 11.3 Å².